The molecule has 0 amide bonds. The maximum absolute atomic E-state index is 2.45. The second kappa shape index (κ2) is 5.18. The third-order valence-electron chi connectivity index (χ3n) is 1.36. The average molecular weight is 266 g/mol. The minimum Gasteiger partial charge on any atom is -0.0698 e. The zero-order chi connectivity index (χ0) is 8.91. The van der Waals surface area contributed by atoms with E-state index in [4.69, 9.17) is 0 Å². The standard InChI is InChI=1S/C10H19I/c1-5-6-7-9(11)8-10(2,3)4/h8H,5-7H2,1-4H3/b9-8+. The fourth-order valence-corrected chi connectivity index (χ4v) is 2.20. The third kappa shape index (κ3) is 8.38. The lowest BCUT2D eigenvalue weighted by atomic mass is 9.96. The molecule has 0 spiro atoms. The number of halogens is 1. The van der Waals surface area contributed by atoms with Crippen LogP contribution in [0.5, 0.6) is 0 Å². The van der Waals surface area contributed by atoms with Crippen LogP contribution in [-0.2, 0) is 0 Å². The number of hydrogen-bond acceptors (Lipinski definition) is 0. The van der Waals surface area contributed by atoms with Gasteiger partial charge < -0.3 is 0 Å². The van der Waals surface area contributed by atoms with Crippen molar-refractivity contribution in [3.63, 3.8) is 0 Å². The molecule has 0 N–H and O–H groups in total. The summed E-state index contributed by atoms with van der Waals surface area (Å²) in [6.45, 7) is 8.98. The fraction of sp³-hybridized carbons (Fsp3) is 0.800. The minimum absolute atomic E-state index is 0.351. The Bertz CT molecular complexity index is 128. The van der Waals surface area contributed by atoms with E-state index in [9.17, 15) is 0 Å². The van der Waals surface area contributed by atoms with Crippen LogP contribution in [0.25, 0.3) is 0 Å². The number of rotatable bonds is 3. The predicted octanol–water partition coefficient (Wildman–Crippen LogP) is 4.54. The van der Waals surface area contributed by atoms with Gasteiger partial charge >= 0.3 is 0 Å². The summed E-state index contributed by atoms with van der Waals surface area (Å²) in [4.78, 5) is 0. The predicted molar refractivity (Wildman–Crippen MR) is 61.1 cm³/mol. The highest BCUT2D eigenvalue weighted by Gasteiger charge is 2.06. The lowest BCUT2D eigenvalue weighted by Crippen LogP contribution is -1.99. The molecule has 0 aliphatic rings. The molecule has 66 valence electrons. The second-order valence-corrected chi connectivity index (χ2v) is 5.45. The smallest absolute Gasteiger partial charge is 0.0129 e. The third-order valence-corrected chi connectivity index (χ3v) is 2.21. The van der Waals surface area contributed by atoms with Gasteiger partial charge in [0.1, 0.15) is 0 Å². The Hall–Kier alpha value is 0.470. The summed E-state index contributed by atoms with van der Waals surface area (Å²) in [5, 5.41) is 0. The second-order valence-electron chi connectivity index (χ2n) is 4.06. The van der Waals surface area contributed by atoms with E-state index in [-0.39, 0.29) is 0 Å². The molecule has 0 radical (unpaired) electrons. The molecule has 0 rings (SSSR count). The monoisotopic (exact) mass is 266 g/mol. The first kappa shape index (κ1) is 11.5. The van der Waals surface area contributed by atoms with Gasteiger partial charge in [-0.3, -0.25) is 0 Å². The Morgan fingerprint density at radius 2 is 1.91 bits per heavy atom. The van der Waals surface area contributed by atoms with Gasteiger partial charge in [-0.25, -0.2) is 0 Å². The molecule has 0 nitrogen and oxygen atoms in total. The molecule has 0 heterocycles. The van der Waals surface area contributed by atoms with Crippen LogP contribution in [-0.4, -0.2) is 0 Å². The summed E-state index contributed by atoms with van der Waals surface area (Å²) in [6.07, 6.45) is 6.24. The molecule has 0 aliphatic heterocycles. The summed E-state index contributed by atoms with van der Waals surface area (Å²) < 4.78 is 1.51. The van der Waals surface area contributed by atoms with Gasteiger partial charge in [-0.2, -0.15) is 0 Å². The highest BCUT2D eigenvalue weighted by atomic mass is 127. The van der Waals surface area contributed by atoms with Gasteiger partial charge in [0.2, 0.25) is 0 Å². The molecule has 0 aromatic carbocycles. The lowest BCUT2D eigenvalue weighted by Gasteiger charge is -2.13. The van der Waals surface area contributed by atoms with Crippen LogP contribution in [0.1, 0.15) is 47.0 Å². The van der Waals surface area contributed by atoms with Gasteiger partial charge in [0.15, 0.2) is 0 Å². The molecule has 0 atom stereocenters. The van der Waals surface area contributed by atoms with Crippen molar-refractivity contribution in [1.82, 2.24) is 0 Å². The molecule has 1 heteroatoms. The molecule has 0 unspecified atom stereocenters. The first-order chi connectivity index (χ1) is 4.95. The van der Waals surface area contributed by atoms with Crippen molar-refractivity contribution < 1.29 is 0 Å². The Balaban J connectivity index is 3.81. The molecule has 0 bridgehead atoms. The van der Waals surface area contributed by atoms with Crippen molar-refractivity contribution in [2.75, 3.05) is 0 Å². The molecule has 0 saturated heterocycles. The van der Waals surface area contributed by atoms with Crippen LogP contribution in [0.15, 0.2) is 9.66 Å². The first-order valence-electron chi connectivity index (χ1n) is 4.33. The van der Waals surface area contributed by atoms with E-state index in [0.29, 0.717) is 5.41 Å². The Morgan fingerprint density at radius 3 is 2.27 bits per heavy atom. The maximum atomic E-state index is 2.45. The van der Waals surface area contributed by atoms with Crippen molar-refractivity contribution in [1.29, 1.82) is 0 Å². The summed E-state index contributed by atoms with van der Waals surface area (Å²) in [5.74, 6) is 0. The van der Waals surface area contributed by atoms with E-state index in [2.05, 4.69) is 56.4 Å². The van der Waals surface area contributed by atoms with Crippen molar-refractivity contribution in [3.05, 3.63) is 9.66 Å². The highest BCUT2D eigenvalue weighted by Crippen LogP contribution is 2.24. The van der Waals surface area contributed by atoms with Crippen LogP contribution in [0, 0.1) is 5.41 Å². The van der Waals surface area contributed by atoms with Crippen molar-refractivity contribution in [3.8, 4) is 0 Å². The molecule has 0 aliphatic carbocycles. The summed E-state index contributed by atoms with van der Waals surface area (Å²) in [7, 11) is 0. The van der Waals surface area contributed by atoms with Crippen molar-refractivity contribution in [2.24, 2.45) is 5.41 Å². The van der Waals surface area contributed by atoms with E-state index >= 15 is 0 Å². The van der Waals surface area contributed by atoms with Gasteiger partial charge in [0.25, 0.3) is 0 Å². The Kier molecular flexibility index (Phi) is 5.40. The number of allylic oxidation sites excluding steroid dienone is 2. The van der Waals surface area contributed by atoms with Crippen LogP contribution in [0.3, 0.4) is 0 Å². The molecule has 0 fully saturated rings. The molecule has 0 aromatic rings. The Morgan fingerprint density at radius 1 is 1.36 bits per heavy atom. The van der Waals surface area contributed by atoms with E-state index in [0.717, 1.165) is 0 Å². The highest BCUT2D eigenvalue weighted by molar-refractivity contribution is 14.1. The molecular weight excluding hydrogens is 247 g/mol. The summed E-state index contributed by atoms with van der Waals surface area (Å²) in [5.41, 5.74) is 0.351. The number of unbranched alkanes of at least 4 members (excludes halogenated alkanes) is 1. The molecular formula is C10H19I. The molecule has 11 heavy (non-hydrogen) atoms. The van der Waals surface area contributed by atoms with Crippen LogP contribution < -0.4 is 0 Å². The largest absolute Gasteiger partial charge is 0.0698 e. The van der Waals surface area contributed by atoms with Gasteiger partial charge in [-0.15, -0.1) is 0 Å². The normalized spacial score (nSPS) is 13.7. The van der Waals surface area contributed by atoms with Gasteiger partial charge in [-0.1, -0.05) is 40.2 Å². The molecule has 0 saturated carbocycles. The molecule has 0 aromatic heterocycles. The van der Waals surface area contributed by atoms with Gasteiger partial charge in [-0.05, 0) is 44.4 Å². The zero-order valence-electron chi connectivity index (χ0n) is 8.08. The van der Waals surface area contributed by atoms with Crippen LogP contribution in [0.2, 0.25) is 0 Å². The van der Waals surface area contributed by atoms with Gasteiger partial charge in [0, 0.05) is 0 Å². The number of hydrogen-bond donors (Lipinski definition) is 0. The van der Waals surface area contributed by atoms with E-state index < -0.39 is 0 Å². The van der Waals surface area contributed by atoms with Crippen molar-refractivity contribution >= 4 is 22.6 Å². The summed E-state index contributed by atoms with van der Waals surface area (Å²) >= 11 is 2.45. The van der Waals surface area contributed by atoms with Gasteiger partial charge in [0.05, 0.1) is 0 Å². The average Bonchev–Trinajstić information content (AvgIpc) is 1.79. The van der Waals surface area contributed by atoms with E-state index in [1.54, 1.807) is 0 Å². The SMILES string of the molecule is CCCC/C(I)=C\C(C)(C)C. The Labute approximate surface area is 84.6 Å². The van der Waals surface area contributed by atoms with Crippen LogP contribution >= 0.6 is 22.6 Å². The summed E-state index contributed by atoms with van der Waals surface area (Å²) in [6, 6.07) is 0. The zero-order valence-corrected chi connectivity index (χ0v) is 10.2. The van der Waals surface area contributed by atoms with Crippen molar-refractivity contribution in [2.45, 2.75) is 47.0 Å². The maximum Gasteiger partial charge on any atom is -0.0129 e. The van der Waals surface area contributed by atoms with E-state index in [1.165, 1.54) is 22.8 Å². The fourth-order valence-electron chi connectivity index (χ4n) is 0.888. The quantitative estimate of drug-likeness (QED) is 0.658. The topological polar surface area (TPSA) is 0 Å². The lowest BCUT2D eigenvalue weighted by molar-refractivity contribution is 0.541. The first-order valence-corrected chi connectivity index (χ1v) is 5.41. The minimum atomic E-state index is 0.351. The van der Waals surface area contributed by atoms with E-state index in [1.807, 2.05) is 0 Å². The van der Waals surface area contributed by atoms with Crippen LogP contribution in [0.4, 0.5) is 0 Å².